The summed E-state index contributed by atoms with van der Waals surface area (Å²) in [6.45, 7) is 0. The topological polar surface area (TPSA) is 106 Å². The molecule has 0 amide bonds. The number of ether oxygens (including phenoxy) is 1. The van der Waals surface area contributed by atoms with Crippen molar-refractivity contribution in [2.75, 3.05) is 7.11 Å². The van der Waals surface area contributed by atoms with Gasteiger partial charge in [-0.25, -0.2) is 18.6 Å². The van der Waals surface area contributed by atoms with Crippen molar-refractivity contribution in [2.45, 2.75) is 0 Å². The van der Waals surface area contributed by atoms with E-state index in [2.05, 4.69) is 28.8 Å². The molecule has 0 bridgehead atoms. The third kappa shape index (κ3) is 4.38. The molecule has 0 N–H and O–H groups in total. The molecule has 22 heavy (non-hydrogen) atoms. The van der Waals surface area contributed by atoms with E-state index in [9.17, 15) is 0 Å². The van der Waals surface area contributed by atoms with Crippen molar-refractivity contribution >= 4 is 16.2 Å². The molecule has 0 atom stereocenters. The van der Waals surface area contributed by atoms with Crippen LogP contribution in [-0.4, -0.2) is 7.11 Å². The largest absolute Gasteiger partial charge is 0.482 e. The number of hydrogen-bond donors (Lipinski definition) is 0. The van der Waals surface area contributed by atoms with Crippen molar-refractivity contribution in [2.24, 2.45) is 0 Å². The molecule has 0 aliphatic rings. The van der Waals surface area contributed by atoms with Crippen LogP contribution in [0.1, 0.15) is 0 Å². The van der Waals surface area contributed by atoms with Crippen LogP contribution in [0, 0.1) is 10.2 Å². The van der Waals surface area contributed by atoms with Crippen LogP contribution in [0.2, 0.25) is 0 Å². The van der Waals surface area contributed by atoms with Crippen molar-refractivity contribution in [3.05, 3.63) is 54.7 Å². The van der Waals surface area contributed by atoms with Crippen LogP contribution in [0.15, 0.2) is 54.7 Å². The molecular weight excluding hydrogens is 330 g/mol. The predicted molar refractivity (Wildman–Crippen MR) is 69.5 cm³/mol. The summed E-state index contributed by atoms with van der Waals surface area (Å²) in [7, 11) is -3.22. The zero-order chi connectivity index (χ0) is 16.2. The first-order chi connectivity index (χ1) is 10.4. The SMILES string of the molecule is COc1sc2cccc[n+]2c1-c1ccccc1.[O-][Cl+3]([O-])([O-])[O-]. The zero-order valence-electron chi connectivity index (χ0n) is 11.5. The van der Waals surface area contributed by atoms with Gasteiger partial charge in [-0.15, -0.1) is 14.6 Å². The van der Waals surface area contributed by atoms with E-state index in [0.717, 1.165) is 10.8 Å². The third-order valence-corrected chi connectivity index (χ3v) is 3.77. The van der Waals surface area contributed by atoms with Gasteiger partial charge in [0, 0.05) is 12.1 Å². The lowest BCUT2D eigenvalue weighted by Gasteiger charge is -2.17. The maximum Gasteiger partial charge on any atom is 0.272 e. The summed E-state index contributed by atoms with van der Waals surface area (Å²) in [4.78, 5) is 1.18. The minimum absolute atomic E-state index is 0.947. The van der Waals surface area contributed by atoms with Gasteiger partial charge in [-0.2, -0.15) is 0 Å². The van der Waals surface area contributed by atoms with Crippen LogP contribution < -0.4 is 27.8 Å². The molecule has 0 radical (unpaired) electrons. The van der Waals surface area contributed by atoms with Gasteiger partial charge in [-0.1, -0.05) is 18.2 Å². The number of methoxy groups -OCH3 is 1. The van der Waals surface area contributed by atoms with Crippen LogP contribution >= 0.6 is 11.3 Å². The molecule has 3 aromatic rings. The van der Waals surface area contributed by atoms with E-state index in [1.807, 2.05) is 30.3 Å². The molecular formula is C14H12ClNO5S. The minimum atomic E-state index is -4.94. The van der Waals surface area contributed by atoms with E-state index in [-0.39, 0.29) is 0 Å². The van der Waals surface area contributed by atoms with Crippen LogP contribution in [0.4, 0.5) is 0 Å². The van der Waals surface area contributed by atoms with E-state index in [1.165, 1.54) is 10.4 Å². The van der Waals surface area contributed by atoms with Crippen LogP contribution in [0.3, 0.4) is 0 Å². The van der Waals surface area contributed by atoms with Gasteiger partial charge in [0.05, 0.1) is 12.7 Å². The number of halogens is 1. The first-order valence-electron chi connectivity index (χ1n) is 6.04. The van der Waals surface area contributed by atoms with Crippen molar-refractivity contribution in [1.82, 2.24) is 0 Å². The normalized spacial score (nSPS) is 11.0. The molecule has 0 saturated carbocycles. The highest BCUT2D eigenvalue weighted by Crippen LogP contribution is 2.33. The molecule has 116 valence electrons. The average molecular weight is 342 g/mol. The molecule has 0 unspecified atom stereocenters. The average Bonchev–Trinajstić information content (AvgIpc) is 2.85. The van der Waals surface area contributed by atoms with Gasteiger partial charge in [-0.05, 0) is 29.5 Å². The highest BCUT2D eigenvalue weighted by Gasteiger charge is 2.22. The molecule has 0 saturated heterocycles. The second-order valence-corrected chi connectivity index (χ2v) is 5.84. The van der Waals surface area contributed by atoms with E-state index < -0.39 is 10.2 Å². The second kappa shape index (κ2) is 7.01. The Morgan fingerprint density at radius 3 is 2.14 bits per heavy atom. The Kier molecular flexibility index (Phi) is 5.30. The van der Waals surface area contributed by atoms with E-state index >= 15 is 0 Å². The Morgan fingerprint density at radius 1 is 0.955 bits per heavy atom. The third-order valence-electron chi connectivity index (χ3n) is 2.69. The number of hydrogen-bond acceptors (Lipinski definition) is 6. The van der Waals surface area contributed by atoms with Crippen molar-refractivity contribution in [3.8, 4) is 16.3 Å². The fourth-order valence-electron chi connectivity index (χ4n) is 1.93. The highest BCUT2D eigenvalue weighted by molar-refractivity contribution is 7.19. The molecule has 3 rings (SSSR count). The molecule has 0 aliphatic heterocycles. The molecule has 1 aromatic carbocycles. The first-order valence-corrected chi connectivity index (χ1v) is 8.09. The Labute approximate surface area is 132 Å². The standard InChI is InChI=1S/C14H12NOS.ClHO4/c1-16-14-13(11-7-3-2-4-8-11)15-10-6-5-9-12(15)17-14;2-1(3,4)5/h2-10H,1H3;(H,2,3,4,5)/q+1;/p-1. The van der Waals surface area contributed by atoms with Crippen LogP contribution in [0.25, 0.3) is 16.1 Å². The summed E-state index contributed by atoms with van der Waals surface area (Å²) < 4.78 is 41.6. The summed E-state index contributed by atoms with van der Waals surface area (Å²) in [6, 6.07) is 16.5. The number of thiazole rings is 1. The van der Waals surface area contributed by atoms with Gasteiger partial charge in [0.25, 0.3) is 15.6 Å². The summed E-state index contributed by atoms with van der Waals surface area (Å²) in [6.07, 6.45) is 2.07. The number of rotatable bonds is 2. The number of fused-ring (bicyclic) bond motifs is 1. The fourth-order valence-corrected chi connectivity index (χ4v) is 2.91. The van der Waals surface area contributed by atoms with Gasteiger partial charge in [0.1, 0.15) is 0 Å². The van der Waals surface area contributed by atoms with Crippen molar-refractivity contribution in [3.63, 3.8) is 0 Å². The Balaban J connectivity index is 0.000000309. The van der Waals surface area contributed by atoms with Gasteiger partial charge in [0.2, 0.25) is 0 Å². The summed E-state index contributed by atoms with van der Waals surface area (Å²) in [5.74, 6) is 0. The van der Waals surface area contributed by atoms with Crippen molar-refractivity contribution < 1.29 is 38.0 Å². The number of pyridine rings is 1. The molecule has 8 heteroatoms. The predicted octanol–water partition coefficient (Wildman–Crippen LogP) is -1.59. The highest BCUT2D eigenvalue weighted by atomic mass is 35.7. The zero-order valence-corrected chi connectivity index (χ0v) is 13.0. The summed E-state index contributed by atoms with van der Waals surface area (Å²) in [5.41, 5.74) is 2.29. The van der Waals surface area contributed by atoms with Crippen LogP contribution in [-0.2, 0) is 0 Å². The monoisotopic (exact) mass is 341 g/mol. The van der Waals surface area contributed by atoms with E-state index in [4.69, 9.17) is 23.4 Å². The molecule has 0 fully saturated rings. The molecule has 2 heterocycles. The quantitative estimate of drug-likeness (QED) is 0.522. The fraction of sp³-hybridized carbons (Fsp3) is 0.0714. The smallest absolute Gasteiger partial charge is 0.272 e. The lowest BCUT2D eigenvalue weighted by atomic mass is 10.2. The minimum Gasteiger partial charge on any atom is -0.482 e. The lowest BCUT2D eigenvalue weighted by molar-refractivity contribution is -2.00. The molecule has 0 aliphatic carbocycles. The summed E-state index contributed by atoms with van der Waals surface area (Å²) in [5, 5.41) is 0.947. The number of benzene rings is 1. The maximum absolute atomic E-state index is 8.49. The van der Waals surface area contributed by atoms with Gasteiger partial charge in [0.15, 0.2) is 6.20 Å². The van der Waals surface area contributed by atoms with Crippen LogP contribution in [0.5, 0.6) is 5.06 Å². The molecule has 6 nitrogen and oxygen atoms in total. The molecule has 0 spiro atoms. The van der Waals surface area contributed by atoms with E-state index in [0.29, 0.717) is 0 Å². The lowest BCUT2D eigenvalue weighted by Crippen LogP contribution is -2.68. The van der Waals surface area contributed by atoms with Gasteiger partial charge < -0.3 is 4.74 Å². The second-order valence-electron chi connectivity index (χ2n) is 4.10. The number of aromatic nitrogens is 1. The summed E-state index contributed by atoms with van der Waals surface area (Å²) >= 11 is 1.66. The Hall–Kier alpha value is -1.74. The Morgan fingerprint density at radius 2 is 1.55 bits per heavy atom. The number of nitrogens with zero attached hydrogens (tertiary/aromatic N) is 1. The van der Waals surface area contributed by atoms with Gasteiger partial charge in [-0.3, -0.25) is 0 Å². The first kappa shape index (κ1) is 16.6. The maximum atomic E-state index is 8.49. The van der Waals surface area contributed by atoms with Crippen molar-refractivity contribution in [1.29, 1.82) is 0 Å². The van der Waals surface area contributed by atoms with E-state index in [1.54, 1.807) is 18.4 Å². The Bertz CT molecular complexity index is 736. The molecule has 2 aromatic heterocycles. The van der Waals surface area contributed by atoms with Gasteiger partial charge >= 0.3 is 0 Å².